The molecule has 5 heteroatoms. The fourth-order valence-electron chi connectivity index (χ4n) is 3.92. The van der Waals surface area contributed by atoms with Crippen LogP contribution in [-0.4, -0.2) is 33.7 Å². The Morgan fingerprint density at radius 2 is 1.50 bits per heavy atom. The maximum Gasteiger partial charge on any atom is 0.241 e. The van der Waals surface area contributed by atoms with Crippen LogP contribution in [0, 0.1) is 6.92 Å². The number of benzene rings is 3. The molecule has 3 aromatic rings. The highest BCUT2D eigenvalue weighted by atomic mass is 16.5. The van der Waals surface area contributed by atoms with Crippen molar-refractivity contribution in [2.45, 2.75) is 25.3 Å². The summed E-state index contributed by atoms with van der Waals surface area (Å²) in [6, 6.07) is 24.1. The van der Waals surface area contributed by atoms with E-state index in [-0.39, 0.29) is 11.8 Å². The molecule has 0 unspecified atom stereocenters. The largest absolute Gasteiger partial charge is 0.493 e. The van der Waals surface area contributed by atoms with E-state index >= 15 is 0 Å². The summed E-state index contributed by atoms with van der Waals surface area (Å²) in [6.45, 7) is 2.75. The molecule has 0 aliphatic carbocycles. The summed E-state index contributed by atoms with van der Waals surface area (Å²) in [6.07, 6.45) is 0.818. The molecule has 2 atom stereocenters. The number of methoxy groups -OCH3 is 2. The van der Waals surface area contributed by atoms with Gasteiger partial charge >= 0.3 is 0 Å². The van der Waals surface area contributed by atoms with Crippen molar-refractivity contribution in [3.63, 3.8) is 0 Å². The molecule has 0 aliphatic heterocycles. The van der Waals surface area contributed by atoms with Crippen LogP contribution in [0.3, 0.4) is 0 Å². The molecule has 168 valence electrons. The van der Waals surface area contributed by atoms with Crippen molar-refractivity contribution < 1.29 is 14.3 Å². The van der Waals surface area contributed by atoms with Crippen LogP contribution in [0.25, 0.3) is 0 Å². The summed E-state index contributed by atoms with van der Waals surface area (Å²) in [5, 5.41) is 6.22. The second-order valence-electron chi connectivity index (χ2n) is 7.78. The van der Waals surface area contributed by atoms with Gasteiger partial charge in [-0.2, -0.15) is 0 Å². The molecular formula is C27H32N2O3. The SMILES string of the molecule is CNC(=O)[C@H](NCC[C@@H](c1ccc(C)cc1)c1ccc(OC)c(OC)c1)c1ccccc1. The Kier molecular flexibility index (Phi) is 8.28. The van der Waals surface area contributed by atoms with E-state index in [0.717, 1.165) is 17.5 Å². The molecule has 0 radical (unpaired) electrons. The summed E-state index contributed by atoms with van der Waals surface area (Å²) >= 11 is 0. The average molecular weight is 433 g/mol. The molecular weight excluding hydrogens is 400 g/mol. The number of amides is 1. The molecule has 0 spiro atoms. The highest BCUT2D eigenvalue weighted by Gasteiger charge is 2.21. The van der Waals surface area contributed by atoms with Crippen molar-refractivity contribution in [2.75, 3.05) is 27.8 Å². The standard InChI is InChI=1S/C27H32N2O3/c1-19-10-12-20(13-11-19)23(22-14-15-24(31-3)25(18-22)32-4)16-17-29-26(27(30)28-2)21-8-6-5-7-9-21/h5-15,18,23,26,29H,16-17H2,1-4H3,(H,28,30)/t23-,26+/m0/s1. The Morgan fingerprint density at radius 3 is 2.12 bits per heavy atom. The van der Waals surface area contributed by atoms with Gasteiger partial charge in [-0.15, -0.1) is 0 Å². The lowest BCUT2D eigenvalue weighted by Crippen LogP contribution is -2.36. The van der Waals surface area contributed by atoms with Crippen molar-refractivity contribution in [3.05, 3.63) is 95.1 Å². The van der Waals surface area contributed by atoms with Gasteiger partial charge in [-0.05, 0) is 48.7 Å². The summed E-state index contributed by atoms with van der Waals surface area (Å²) < 4.78 is 10.9. The van der Waals surface area contributed by atoms with E-state index in [4.69, 9.17) is 9.47 Å². The van der Waals surface area contributed by atoms with E-state index in [9.17, 15) is 4.79 Å². The number of nitrogens with one attached hydrogen (secondary N) is 2. The first-order valence-corrected chi connectivity index (χ1v) is 10.9. The van der Waals surface area contributed by atoms with Crippen LogP contribution in [-0.2, 0) is 4.79 Å². The highest BCUT2D eigenvalue weighted by Crippen LogP contribution is 2.35. The van der Waals surface area contributed by atoms with Crippen LogP contribution in [0.15, 0.2) is 72.8 Å². The number of aryl methyl sites for hydroxylation is 1. The Hall–Kier alpha value is -3.31. The quantitative estimate of drug-likeness (QED) is 0.491. The normalized spacial score (nSPS) is 12.6. The Bertz CT molecular complexity index is 1000. The molecule has 0 bridgehead atoms. The zero-order chi connectivity index (χ0) is 22.9. The van der Waals surface area contributed by atoms with Crippen molar-refractivity contribution in [2.24, 2.45) is 0 Å². The Morgan fingerprint density at radius 1 is 0.844 bits per heavy atom. The zero-order valence-electron chi connectivity index (χ0n) is 19.2. The zero-order valence-corrected chi connectivity index (χ0v) is 19.2. The molecule has 0 heterocycles. The first-order valence-electron chi connectivity index (χ1n) is 10.9. The van der Waals surface area contributed by atoms with E-state index < -0.39 is 6.04 Å². The van der Waals surface area contributed by atoms with Gasteiger partial charge in [-0.25, -0.2) is 0 Å². The van der Waals surface area contributed by atoms with Gasteiger partial charge < -0.3 is 20.1 Å². The Labute approximate surface area is 190 Å². The van der Waals surface area contributed by atoms with Gasteiger partial charge in [-0.3, -0.25) is 4.79 Å². The number of ether oxygens (including phenoxy) is 2. The lowest BCUT2D eigenvalue weighted by atomic mass is 9.87. The van der Waals surface area contributed by atoms with Gasteiger partial charge in [-0.1, -0.05) is 66.2 Å². The first kappa shape index (κ1) is 23.4. The minimum Gasteiger partial charge on any atom is -0.493 e. The number of carbonyl (C=O) groups excluding carboxylic acids is 1. The van der Waals surface area contributed by atoms with Crippen molar-refractivity contribution >= 4 is 5.91 Å². The number of hydrogen-bond donors (Lipinski definition) is 2. The second-order valence-corrected chi connectivity index (χ2v) is 7.78. The fraction of sp³-hybridized carbons (Fsp3) is 0.296. The predicted octanol–water partition coefficient (Wildman–Crippen LogP) is 4.61. The fourth-order valence-corrected chi connectivity index (χ4v) is 3.92. The van der Waals surface area contributed by atoms with Crippen LogP contribution in [0.4, 0.5) is 0 Å². The average Bonchev–Trinajstić information content (AvgIpc) is 2.84. The molecule has 3 rings (SSSR count). The van der Waals surface area contributed by atoms with Gasteiger partial charge in [0.2, 0.25) is 5.91 Å². The maximum atomic E-state index is 12.5. The molecule has 0 saturated heterocycles. The number of hydrogen-bond acceptors (Lipinski definition) is 4. The van der Waals surface area contributed by atoms with E-state index in [1.807, 2.05) is 42.5 Å². The van der Waals surface area contributed by atoms with Gasteiger partial charge in [0.1, 0.15) is 6.04 Å². The van der Waals surface area contributed by atoms with E-state index in [1.165, 1.54) is 11.1 Å². The van der Waals surface area contributed by atoms with Gasteiger partial charge in [0.25, 0.3) is 0 Å². The summed E-state index contributed by atoms with van der Waals surface area (Å²) in [7, 11) is 4.96. The van der Waals surface area contributed by atoms with Crippen LogP contribution < -0.4 is 20.1 Å². The summed E-state index contributed by atoms with van der Waals surface area (Å²) in [5.41, 5.74) is 4.54. The smallest absolute Gasteiger partial charge is 0.241 e. The van der Waals surface area contributed by atoms with E-state index in [1.54, 1.807) is 21.3 Å². The van der Waals surface area contributed by atoms with Crippen LogP contribution in [0.1, 0.15) is 40.6 Å². The number of likely N-dealkylation sites (N-methyl/N-ethyl adjacent to an activating group) is 1. The highest BCUT2D eigenvalue weighted by molar-refractivity contribution is 5.82. The minimum atomic E-state index is -0.398. The van der Waals surface area contributed by atoms with Crippen LogP contribution in [0.5, 0.6) is 11.5 Å². The summed E-state index contributed by atoms with van der Waals surface area (Å²) in [4.78, 5) is 12.5. The lowest BCUT2D eigenvalue weighted by molar-refractivity contribution is -0.122. The molecule has 0 aromatic heterocycles. The van der Waals surface area contributed by atoms with Crippen molar-refractivity contribution in [1.29, 1.82) is 0 Å². The molecule has 0 saturated carbocycles. The van der Waals surface area contributed by atoms with Crippen molar-refractivity contribution in [1.82, 2.24) is 10.6 Å². The van der Waals surface area contributed by atoms with Crippen LogP contribution in [0.2, 0.25) is 0 Å². The third-order valence-corrected chi connectivity index (χ3v) is 5.71. The molecule has 1 amide bonds. The molecule has 2 N–H and O–H groups in total. The topological polar surface area (TPSA) is 59.6 Å². The van der Waals surface area contributed by atoms with Crippen LogP contribution >= 0.6 is 0 Å². The predicted molar refractivity (Wildman–Crippen MR) is 128 cm³/mol. The molecule has 5 nitrogen and oxygen atoms in total. The maximum absolute atomic E-state index is 12.5. The van der Waals surface area contributed by atoms with Gasteiger partial charge in [0, 0.05) is 13.0 Å². The number of rotatable bonds is 10. The monoisotopic (exact) mass is 432 g/mol. The molecule has 0 fully saturated rings. The lowest BCUT2D eigenvalue weighted by Gasteiger charge is -2.22. The Balaban J connectivity index is 1.84. The minimum absolute atomic E-state index is 0.0470. The third-order valence-electron chi connectivity index (χ3n) is 5.71. The number of carbonyl (C=O) groups is 1. The van der Waals surface area contributed by atoms with Gasteiger partial charge in [0.15, 0.2) is 11.5 Å². The van der Waals surface area contributed by atoms with Gasteiger partial charge in [0.05, 0.1) is 14.2 Å². The second kappa shape index (κ2) is 11.3. The van der Waals surface area contributed by atoms with Crippen molar-refractivity contribution in [3.8, 4) is 11.5 Å². The third kappa shape index (κ3) is 5.68. The summed E-state index contributed by atoms with van der Waals surface area (Å²) in [5.74, 6) is 1.52. The molecule has 0 aliphatic rings. The molecule has 3 aromatic carbocycles. The van der Waals surface area contributed by atoms with E-state index in [2.05, 4.69) is 47.9 Å². The molecule has 32 heavy (non-hydrogen) atoms. The van der Waals surface area contributed by atoms with E-state index in [0.29, 0.717) is 18.0 Å². The first-order chi connectivity index (χ1) is 15.6.